The molecular formula is C71H131N3O16. The molecule has 0 saturated carbocycles. The summed E-state index contributed by atoms with van der Waals surface area (Å²) in [7, 11) is 2.04. The van der Waals surface area contributed by atoms with Gasteiger partial charge in [-0.2, -0.15) is 0 Å². The maximum absolute atomic E-state index is 12.9. The molecule has 0 radical (unpaired) electrons. The Hall–Kier alpha value is -4.36. The van der Waals surface area contributed by atoms with E-state index < -0.39 is 0 Å². The van der Waals surface area contributed by atoms with E-state index in [1.165, 1.54) is 0 Å². The normalized spacial score (nSPS) is 12.8. The summed E-state index contributed by atoms with van der Waals surface area (Å²) >= 11 is 0. The van der Waals surface area contributed by atoms with Gasteiger partial charge in [-0.3, -0.25) is 38.4 Å². The molecular weight excluding hydrogens is 1150 g/mol. The van der Waals surface area contributed by atoms with E-state index in [9.17, 15) is 38.4 Å². The highest BCUT2D eigenvalue weighted by Gasteiger charge is 2.18. The van der Waals surface area contributed by atoms with E-state index in [-0.39, 0.29) is 99.9 Å². The van der Waals surface area contributed by atoms with E-state index in [2.05, 4.69) is 70.1 Å². The van der Waals surface area contributed by atoms with Crippen molar-refractivity contribution >= 4 is 47.8 Å². The van der Waals surface area contributed by atoms with Crippen molar-refractivity contribution in [2.75, 3.05) is 112 Å². The maximum Gasteiger partial charge on any atom is 0.307 e. The zero-order valence-corrected chi connectivity index (χ0v) is 58.5. The molecule has 0 aromatic heterocycles. The summed E-state index contributed by atoms with van der Waals surface area (Å²) in [5.41, 5.74) is 0. The molecule has 0 spiro atoms. The number of hydrogen-bond acceptors (Lipinski definition) is 19. The van der Waals surface area contributed by atoms with Crippen molar-refractivity contribution in [2.45, 2.75) is 274 Å². The molecule has 19 nitrogen and oxygen atoms in total. The molecule has 4 atom stereocenters. The fourth-order valence-corrected chi connectivity index (χ4v) is 10.0. The van der Waals surface area contributed by atoms with Crippen molar-refractivity contribution in [1.82, 2.24) is 14.7 Å². The minimum atomic E-state index is -0.337. The van der Waals surface area contributed by atoms with Crippen LogP contribution in [0.2, 0.25) is 0 Å². The molecule has 0 aromatic rings. The van der Waals surface area contributed by atoms with Crippen LogP contribution in [0.15, 0.2) is 0 Å². The Morgan fingerprint density at radius 3 is 0.622 bits per heavy atom. The highest BCUT2D eigenvalue weighted by molar-refractivity contribution is 5.72. The number of esters is 8. The molecule has 0 aliphatic carbocycles. The fraction of sp³-hybridized carbons (Fsp3) is 0.887. The number of carbonyl (C=O) groups is 8. The topological polar surface area (TPSA) is 220 Å². The lowest BCUT2D eigenvalue weighted by Gasteiger charge is -2.25. The molecule has 0 amide bonds. The molecule has 526 valence electrons. The van der Waals surface area contributed by atoms with E-state index in [4.69, 9.17) is 37.9 Å². The van der Waals surface area contributed by atoms with E-state index in [0.29, 0.717) is 166 Å². The van der Waals surface area contributed by atoms with Crippen molar-refractivity contribution in [3.05, 3.63) is 0 Å². The molecule has 0 aliphatic rings. The van der Waals surface area contributed by atoms with Crippen LogP contribution in [0.1, 0.15) is 274 Å². The number of rotatable bonds is 64. The second kappa shape index (κ2) is 60.9. The lowest BCUT2D eigenvalue weighted by atomic mass is 9.99. The first-order valence-electron chi connectivity index (χ1n) is 35.8. The molecule has 0 rings (SSSR count). The molecule has 90 heavy (non-hydrogen) atoms. The van der Waals surface area contributed by atoms with E-state index in [0.717, 1.165) is 129 Å². The smallest absolute Gasteiger partial charge is 0.307 e. The van der Waals surface area contributed by atoms with Crippen LogP contribution < -0.4 is 0 Å². The summed E-state index contributed by atoms with van der Waals surface area (Å²) in [6, 6.07) is 0. The predicted octanol–water partition coefficient (Wildman–Crippen LogP) is 13.8. The third kappa shape index (κ3) is 57.5. The van der Waals surface area contributed by atoms with E-state index >= 15 is 0 Å². The summed E-state index contributed by atoms with van der Waals surface area (Å²) in [5.74, 6) is -0.130. The van der Waals surface area contributed by atoms with Crippen LogP contribution in [0.5, 0.6) is 0 Å². The molecule has 0 N–H and O–H groups in total. The van der Waals surface area contributed by atoms with Crippen LogP contribution >= 0.6 is 0 Å². The van der Waals surface area contributed by atoms with Gasteiger partial charge in [-0.1, -0.05) is 132 Å². The molecule has 4 unspecified atom stereocenters. The van der Waals surface area contributed by atoms with Crippen molar-refractivity contribution in [1.29, 1.82) is 0 Å². The molecule has 0 bridgehead atoms. The number of hydrogen-bond donors (Lipinski definition) is 0. The Kier molecular flexibility index (Phi) is 57.9. The second-order valence-electron chi connectivity index (χ2n) is 25.4. The standard InChI is InChI=1S/C71H131N3O16/c1-10-14-28-60(5)32-36-64(75)83-52-18-22-56-87-68(79)40-48-73(49-41-69(80)88-57-23-19-53-84-65(76)37-33-61(6)29-15-11-2)46-26-44-72(9)45-27-47-74(50-42-70(81)89-58-24-20-54-85-66(77)38-34-62(7)30-16-12-3)51-43-71(82)90-59-25-21-55-86-67(78)39-35-63(8)31-17-13-4/h60-63H,10-59H2,1-9H3. The Morgan fingerprint density at radius 2 is 0.433 bits per heavy atom. The first kappa shape index (κ1) is 85.6. The van der Waals surface area contributed by atoms with Gasteiger partial charge in [-0.15, -0.1) is 0 Å². The third-order valence-electron chi connectivity index (χ3n) is 16.4. The highest BCUT2D eigenvalue weighted by Crippen LogP contribution is 2.18. The first-order chi connectivity index (χ1) is 43.4. The Morgan fingerprint density at radius 1 is 0.244 bits per heavy atom. The van der Waals surface area contributed by atoms with Gasteiger partial charge in [-0.05, 0) is 147 Å². The maximum atomic E-state index is 12.9. The average Bonchev–Trinajstić information content (AvgIpc) is 3.72. The van der Waals surface area contributed by atoms with Gasteiger partial charge in [0.05, 0.1) is 78.5 Å². The van der Waals surface area contributed by atoms with Gasteiger partial charge in [0, 0.05) is 51.9 Å². The van der Waals surface area contributed by atoms with E-state index in [1.807, 2.05) is 7.05 Å². The van der Waals surface area contributed by atoms with E-state index in [1.54, 1.807) is 0 Å². The Labute approximate surface area is 546 Å². The SMILES string of the molecule is CCCCC(C)CCC(=O)OCCCCOC(=O)CCN(CCCN(C)CCCN(CCC(=O)OCCCCOC(=O)CCC(C)CCCC)CCC(=O)OCCCCOC(=O)CCC(C)CCCC)CCC(=O)OCCCCOC(=O)CCC(C)CCCC. The minimum absolute atomic E-state index is 0.148. The molecule has 0 heterocycles. The zero-order valence-electron chi connectivity index (χ0n) is 58.5. The molecule has 0 fully saturated rings. The highest BCUT2D eigenvalue weighted by atomic mass is 16.6. The fourth-order valence-electron chi connectivity index (χ4n) is 10.0. The van der Waals surface area contributed by atoms with Crippen molar-refractivity contribution in [2.24, 2.45) is 23.7 Å². The zero-order chi connectivity index (χ0) is 66.7. The largest absolute Gasteiger partial charge is 0.466 e. The summed E-state index contributed by atoms with van der Waals surface area (Å²) < 4.78 is 43.8. The van der Waals surface area contributed by atoms with Crippen LogP contribution in [0, 0.1) is 23.7 Å². The Balaban J connectivity index is 5.34. The lowest BCUT2D eigenvalue weighted by molar-refractivity contribution is -0.147. The summed E-state index contributed by atoms with van der Waals surface area (Å²) in [6.07, 6.45) is 25.4. The van der Waals surface area contributed by atoms with Crippen molar-refractivity contribution in [3.8, 4) is 0 Å². The summed E-state index contributed by atoms with van der Waals surface area (Å²) in [6.45, 7) is 23.7. The van der Waals surface area contributed by atoms with Crippen LogP contribution in [0.25, 0.3) is 0 Å². The summed E-state index contributed by atoms with van der Waals surface area (Å²) in [4.78, 5) is 107. The molecule has 0 aliphatic heterocycles. The molecule has 0 saturated heterocycles. The minimum Gasteiger partial charge on any atom is -0.466 e. The van der Waals surface area contributed by atoms with Gasteiger partial charge < -0.3 is 52.6 Å². The van der Waals surface area contributed by atoms with Gasteiger partial charge in [0.25, 0.3) is 0 Å². The summed E-state index contributed by atoms with van der Waals surface area (Å²) in [5, 5.41) is 0. The van der Waals surface area contributed by atoms with Crippen molar-refractivity contribution < 1.29 is 76.3 Å². The van der Waals surface area contributed by atoms with Crippen LogP contribution in [-0.4, -0.2) is 175 Å². The van der Waals surface area contributed by atoms with Crippen LogP contribution in [-0.2, 0) is 76.3 Å². The average molecular weight is 1280 g/mol. The third-order valence-corrected chi connectivity index (χ3v) is 16.4. The number of carbonyl (C=O) groups excluding carboxylic acids is 8. The van der Waals surface area contributed by atoms with Gasteiger partial charge >= 0.3 is 47.8 Å². The van der Waals surface area contributed by atoms with Gasteiger partial charge in [0.1, 0.15) is 0 Å². The van der Waals surface area contributed by atoms with Crippen LogP contribution in [0.3, 0.4) is 0 Å². The second-order valence-corrected chi connectivity index (χ2v) is 25.4. The first-order valence-corrected chi connectivity index (χ1v) is 35.8. The lowest BCUT2D eigenvalue weighted by Crippen LogP contribution is -2.34. The quantitative estimate of drug-likeness (QED) is 0.0314. The number of nitrogens with zero attached hydrogens (tertiary/aromatic N) is 3. The van der Waals surface area contributed by atoms with Crippen molar-refractivity contribution in [3.63, 3.8) is 0 Å². The van der Waals surface area contributed by atoms with Crippen LogP contribution in [0.4, 0.5) is 0 Å². The van der Waals surface area contributed by atoms with Gasteiger partial charge in [0.15, 0.2) is 0 Å². The number of ether oxygens (including phenoxy) is 8. The molecule has 0 aromatic carbocycles. The predicted molar refractivity (Wildman–Crippen MR) is 354 cm³/mol. The number of unbranched alkanes of at least 4 members (excludes halogenated alkanes) is 8. The monoisotopic (exact) mass is 1280 g/mol. The molecule has 19 heteroatoms. The van der Waals surface area contributed by atoms with Gasteiger partial charge in [-0.25, -0.2) is 0 Å². The van der Waals surface area contributed by atoms with Gasteiger partial charge in [0.2, 0.25) is 0 Å². The Bertz CT molecular complexity index is 1580.